The molecule has 0 bridgehead atoms. The van der Waals surface area contributed by atoms with E-state index in [1.54, 1.807) is 12.7 Å². The summed E-state index contributed by atoms with van der Waals surface area (Å²) in [6, 6.07) is 0.943. The quantitative estimate of drug-likeness (QED) is 0.846. The number of fused-ring (bicyclic) bond motifs is 1. The van der Waals surface area contributed by atoms with Crippen LogP contribution in [-0.4, -0.2) is 62.2 Å². The normalized spacial score (nSPS) is 31.2. The Morgan fingerprint density at radius 1 is 1.04 bits per heavy atom. The van der Waals surface area contributed by atoms with Gasteiger partial charge in [-0.2, -0.15) is 5.10 Å². The minimum Gasteiger partial charge on any atom is -0.338 e. The van der Waals surface area contributed by atoms with Gasteiger partial charge in [0.05, 0.1) is 13.1 Å². The number of rotatable bonds is 4. The molecule has 4 rings (SSSR count). The molecule has 1 aromatic heterocycles. The van der Waals surface area contributed by atoms with E-state index in [0.29, 0.717) is 24.5 Å². The van der Waals surface area contributed by atoms with E-state index >= 15 is 0 Å². The first-order valence-corrected chi connectivity index (χ1v) is 9.67. The molecule has 0 unspecified atom stereocenters. The molecule has 3 heterocycles. The van der Waals surface area contributed by atoms with Crippen molar-refractivity contribution in [3.63, 3.8) is 0 Å². The molecule has 6 nitrogen and oxygen atoms in total. The van der Waals surface area contributed by atoms with E-state index in [-0.39, 0.29) is 0 Å². The Hall–Kier alpha value is -1.43. The summed E-state index contributed by atoms with van der Waals surface area (Å²) >= 11 is 0. The number of aromatic nitrogens is 3. The van der Waals surface area contributed by atoms with Crippen molar-refractivity contribution in [2.45, 2.75) is 70.0 Å². The van der Waals surface area contributed by atoms with Crippen molar-refractivity contribution in [3.8, 4) is 0 Å². The van der Waals surface area contributed by atoms with Crippen LogP contribution in [0.1, 0.15) is 51.4 Å². The predicted molar refractivity (Wildman–Crippen MR) is 91.3 cm³/mol. The summed E-state index contributed by atoms with van der Waals surface area (Å²) in [5.74, 6) is 1.12. The number of hydrogen-bond acceptors (Lipinski definition) is 4. The molecule has 24 heavy (non-hydrogen) atoms. The van der Waals surface area contributed by atoms with Crippen LogP contribution < -0.4 is 0 Å². The molecule has 6 heteroatoms. The molecule has 0 radical (unpaired) electrons. The van der Waals surface area contributed by atoms with Crippen LogP contribution in [0.2, 0.25) is 0 Å². The zero-order chi connectivity index (χ0) is 16.4. The molecule has 3 atom stereocenters. The minimum absolute atomic E-state index is 0.358. The number of nitrogens with zero attached hydrogens (tertiary/aromatic N) is 5. The molecule has 0 aromatic carbocycles. The van der Waals surface area contributed by atoms with E-state index in [1.807, 2.05) is 4.68 Å². The van der Waals surface area contributed by atoms with Gasteiger partial charge in [0.2, 0.25) is 5.91 Å². The average Bonchev–Trinajstić information content (AvgIpc) is 3.27. The van der Waals surface area contributed by atoms with E-state index in [1.165, 1.54) is 44.9 Å². The largest absolute Gasteiger partial charge is 0.338 e. The third-order valence-electron chi connectivity index (χ3n) is 6.27. The lowest BCUT2D eigenvalue weighted by Crippen LogP contribution is -2.53. The summed E-state index contributed by atoms with van der Waals surface area (Å²) in [6.07, 6.45) is 13.4. The second kappa shape index (κ2) is 7.21. The first-order chi connectivity index (χ1) is 11.8. The predicted octanol–water partition coefficient (Wildman–Crippen LogP) is 1.92. The van der Waals surface area contributed by atoms with Crippen LogP contribution in [0.25, 0.3) is 0 Å². The van der Waals surface area contributed by atoms with Gasteiger partial charge in [-0.1, -0.05) is 12.8 Å². The Morgan fingerprint density at radius 3 is 2.75 bits per heavy atom. The summed E-state index contributed by atoms with van der Waals surface area (Å²) < 4.78 is 1.89. The average molecular weight is 331 g/mol. The first-order valence-electron chi connectivity index (χ1n) is 9.67. The van der Waals surface area contributed by atoms with Gasteiger partial charge < -0.3 is 4.90 Å². The molecule has 1 saturated carbocycles. The van der Waals surface area contributed by atoms with Crippen LogP contribution in [0.5, 0.6) is 0 Å². The number of carbonyl (C=O) groups is 1. The lowest BCUT2D eigenvalue weighted by molar-refractivity contribution is -0.139. The van der Waals surface area contributed by atoms with E-state index in [0.717, 1.165) is 32.0 Å². The molecule has 2 saturated heterocycles. The van der Waals surface area contributed by atoms with Gasteiger partial charge in [0.1, 0.15) is 12.7 Å². The zero-order valence-electron chi connectivity index (χ0n) is 14.5. The topological polar surface area (TPSA) is 54.3 Å². The minimum atomic E-state index is 0.358. The monoisotopic (exact) mass is 331 g/mol. The van der Waals surface area contributed by atoms with Gasteiger partial charge in [-0.25, -0.2) is 4.98 Å². The van der Waals surface area contributed by atoms with Crippen molar-refractivity contribution in [2.75, 3.05) is 19.6 Å². The Labute approximate surface area is 144 Å². The van der Waals surface area contributed by atoms with Crippen LogP contribution >= 0.6 is 0 Å². The summed E-state index contributed by atoms with van der Waals surface area (Å²) in [7, 11) is 0. The second-order valence-electron chi connectivity index (χ2n) is 7.73. The van der Waals surface area contributed by atoms with Crippen LogP contribution in [0, 0.1) is 5.92 Å². The van der Waals surface area contributed by atoms with Crippen LogP contribution in [0.15, 0.2) is 12.7 Å². The van der Waals surface area contributed by atoms with Crippen LogP contribution in [0.3, 0.4) is 0 Å². The Balaban J connectivity index is 1.37. The third-order valence-corrected chi connectivity index (χ3v) is 6.27. The molecule has 132 valence electrons. The number of hydrogen-bond donors (Lipinski definition) is 0. The maximum atomic E-state index is 13.0. The molecular weight excluding hydrogens is 302 g/mol. The van der Waals surface area contributed by atoms with Crippen molar-refractivity contribution in [1.29, 1.82) is 0 Å². The summed E-state index contributed by atoms with van der Waals surface area (Å²) in [4.78, 5) is 21.6. The SMILES string of the molecule is O=C(CN1CCC[C@@H]1Cn1cncn1)N1CCC[C@@H]2CCCC[C@H]21. The maximum absolute atomic E-state index is 13.0. The van der Waals surface area contributed by atoms with Gasteiger partial charge >= 0.3 is 0 Å². The summed E-state index contributed by atoms with van der Waals surface area (Å²) in [5.41, 5.74) is 0. The molecular formula is C18H29N5O. The fourth-order valence-electron chi connectivity index (χ4n) is 5.05. The lowest BCUT2D eigenvalue weighted by atomic mass is 9.78. The first kappa shape index (κ1) is 16.1. The van der Waals surface area contributed by atoms with Gasteiger partial charge in [0, 0.05) is 18.6 Å². The van der Waals surface area contributed by atoms with Gasteiger partial charge in [0.15, 0.2) is 0 Å². The molecule has 1 aromatic rings. The highest BCUT2D eigenvalue weighted by Gasteiger charge is 2.37. The number of amides is 1. The van der Waals surface area contributed by atoms with Crippen molar-refractivity contribution in [3.05, 3.63) is 12.7 Å². The standard InChI is InChI=1S/C18H29N5O/c24-18(23-10-3-6-15-5-1-2-8-17(15)23)12-21-9-4-7-16(21)11-22-14-19-13-20-22/h13-17H,1-12H2/t15-,16+,17+/m0/s1. The third kappa shape index (κ3) is 3.34. The molecule has 3 aliphatic rings. The van der Waals surface area contributed by atoms with Crippen molar-refractivity contribution in [2.24, 2.45) is 5.92 Å². The smallest absolute Gasteiger partial charge is 0.237 e. The Morgan fingerprint density at radius 2 is 1.88 bits per heavy atom. The van der Waals surface area contributed by atoms with Crippen molar-refractivity contribution >= 4 is 5.91 Å². The van der Waals surface area contributed by atoms with E-state index < -0.39 is 0 Å². The van der Waals surface area contributed by atoms with E-state index in [4.69, 9.17) is 0 Å². The number of likely N-dealkylation sites (tertiary alicyclic amines) is 2. The van der Waals surface area contributed by atoms with E-state index in [2.05, 4.69) is 19.9 Å². The molecule has 1 aliphatic carbocycles. The molecule has 2 aliphatic heterocycles. The Kier molecular flexibility index (Phi) is 4.83. The molecule has 0 N–H and O–H groups in total. The van der Waals surface area contributed by atoms with Gasteiger partial charge in [-0.15, -0.1) is 0 Å². The number of piperidine rings is 1. The van der Waals surface area contributed by atoms with Gasteiger partial charge in [-0.3, -0.25) is 14.4 Å². The highest BCUT2D eigenvalue weighted by Crippen LogP contribution is 2.35. The van der Waals surface area contributed by atoms with Crippen molar-refractivity contribution in [1.82, 2.24) is 24.6 Å². The highest BCUT2D eigenvalue weighted by atomic mass is 16.2. The summed E-state index contributed by atoms with van der Waals surface area (Å²) in [5, 5.41) is 4.22. The highest BCUT2D eigenvalue weighted by molar-refractivity contribution is 5.78. The fraction of sp³-hybridized carbons (Fsp3) is 0.833. The molecule has 3 fully saturated rings. The van der Waals surface area contributed by atoms with Crippen LogP contribution in [-0.2, 0) is 11.3 Å². The fourth-order valence-corrected chi connectivity index (χ4v) is 5.05. The molecule has 1 amide bonds. The second-order valence-corrected chi connectivity index (χ2v) is 7.73. The summed E-state index contributed by atoms with van der Waals surface area (Å²) in [6.45, 7) is 3.44. The van der Waals surface area contributed by atoms with Crippen LogP contribution in [0.4, 0.5) is 0 Å². The Bertz CT molecular complexity index is 544. The van der Waals surface area contributed by atoms with Crippen molar-refractivity contribution < 1.29 is 4.79 Å². The number of carbonyl (C=O) groups excluding carboxylic acids is 1. The lowest BCUT2D eigenvalue weighted by Gasteiger charge is -2.44. The van der Waals surface area contributed by atoms with Gasteiger partial charge in [0.25, 0.3) is 0 Å². The van der Waals surface area contributed by atoms with E-state index in [9.17, 15) is 4.79 Å². The van der Waals surface area contributed by atoms with Gasteiger partial charge in [-0.05, 0) is 51.0 Å². The maximum Gasteiger partial charge on any atom is 0.237 e. The molecule has 0 spiro atoms. The zero-order valence-corrected chi connectivity index (χ0v) is 14.5.